The van der Waals surface area contributed by atoms with Gasteiger partial charge in [0.1, 0.15) is 5.82 Å². The third-order valence-electron chi connectivity index (χ3n) is 2.62. The minimum absolute atomic E-state index is 0.325. The molecule has 2 rings (SSSR count). The molecule has 2 aromatic rings. The number of amides is 1. The van der Waals surface area contributed by atoms with E-state index in [9.17, 15) is 9.18 Å². The molecule has 0 atom stereocenters. The summed E-state index contributed by atoms with van der Waals surface area (Å²) in [6.07, 6.45) is 0. The molecule has 0 radical (unpaired) electrons. The van der Waals surface area contributed by atoms with Crippen molar-refractivity contribution in [2.24, 2.45) is 5.73 Å². The molecular formula is C14H11BrFNO. The zero-order valence-corrected chi connectivity index (χ0v) is 11.3. The second kappa shape index (κ2) is 4.90. The minimum Gasteiger partial charge on any atom is -0.366 e. The monoisotopic (exact) mass is 307 g/mol. The van der Waals surface area contributed by atoms with E-state index in [1.165, 1.54) is 6.07 Å². The summed E-state index contributed by atoms with van der Waals surface area (Å²) in [7, 11) is 0. The average Bonchev–Trinajstić information content (AvgIpc) is 2.31. The Labute approximate surface area is 113 Å². The van der Waals surface area contributed by atoms with Gasteiger partial charge in [-0.25, -0.2) is 4.39 Å². The van der Waals surface area contributed by atoms with Gasteiger partial charge in [0.15, 0.2) is 0 Å². The summed E-state index contributed by atoms with van der Waals surface area (Å²) in [6, 6.07) is 9.80. The summed E-state index contributed by atoms with van der Waals surface area (Å²) in [5.41, 5.74) is 7.62. The van der Waals surface area contributed by atoms with Crippen LogP contribution in [0.5, 0.6) is 0 Å². The van der Waals surface area contributed by atoms with Crippen molar-refractivity contribution in [2.75, 3.05) is 0 Å². The molecule has 2 nitrogen and oxygen atoms in total. The van der Waals surface area contributed by atoms with E-state index in [4.69, 9.17) is 5.73 Å². The van der Waals surface area contributed by atoms with Gasteiger partial charge in [-0.2, -0.15) is 0 Å². The Hall–Kier alpha value is -1.68. The maximum Gasteiger partial charge on any atom is 0.248 e. The highest BCUT2D eigenvalue weighted by molar-refractivity contribution is 9.10. The predicted octanol–water partition coefficient (Wildman–Crippen LogP) is 3.66. The van der Waals surface area contributed by atoms with E-state index < -0.39 is 5.91 Å². The molecule has 0 saturated heterocycles. The lowest BCUT2D eigenvalue weighted by atomic mass is 10.0. The quantitative estimate of drug-likeness (QED) is 0.904. The molecule has 18 heavy (non-hydrogen) atoms. The molecule has 0 spiro atoms. The minimum atomic E-state index is -0.536. The van der Waals surface area contributed by atoms with Crippen molar-refractivity contribution in [1.29, 1.82) is 0 Å². The predicted molar refractivity (Wildman–Crippen MR) is 72.8 cm³/mol. The first-order valence-corrected chi connectivity index (χ1v) is 6.13. The van der Waals surface area contributed by atoms with E-state index >= 15 is 0 Å². The first-order valence-electron chi connectivity index (χ1n) is 5.34. The zero-order chi connectivity index (χ0) is 13.3. The van der Waals surface area contributed by atoms with Gasteiger partial charge in [0, 0.05) is 15.6 Å². The van der Waals surface area contributed by atoms with Gasteiger partial charge >= 0.3 is 0 Å². The fourth-order valence-corrected chi connectivity index (χ4v) is 2.24. The van der Waals surface area contributed by atoms with Crippen molar-refractivity contribution in [3.05, 3.63) is 57.8 Å². The second-order valence-electron chi connectivity index (χ2n) is 4.08. The van der Waals surface area contributed by atoms with Crippen LogP contribution >= 0.6 is 15.9 Å². The van der Waals surface area contributed by atoms with Gasteiger partial charge < -0.3 is 5.73 Å². The molecule has 0 aliphatic carbocycles. The Morgan fingerprint density at radius 1 is 1.22 bits per heavy atom. The Morgan fingerprint density at radius 3 is 2.61 bits per heavy atom. The van der Waals surface area contributed by atoms with Crippen molar-refractivity contribution < 1.29 is 9.18 Å². The van der Waals surface area contributed by atoms with Gasteiger partial charge in [0.25, 0.3) is 0 Å². The third kappa shape index (κ3) is 2.59. The lowest BCUT2D eigenvalue weighted by molar-refractivity contribution is 0.100. The third-order valence-corrected chi connectivity index (χ3v) is 3.07. The van der Waals surface area contributed by atoms with E-state index in [1.54, 1.807) is 30.3 Å². The Morgan fingerprint density at radius 2 is 1.94 bits per heavy atom. The molecule has 0 unspecified atom stereocenters. The summed E-state index contributed by atoms with van der Waals surface area (Å²) in [5, 5.41) is 0. The first-order chi connectivity index (χ1) is 8.47. The van der Waals surface area contributed by atoms with E-state index in [1.807, 2.05) is 6.92 Å². The highest BCUT2D eigenvalue weighted by atomic mass is 79.9. The largest absolute Gasteiger partial charge is 0.366 e. The van der Waals surface area contributed by atoms with Crippen LogP contribution < -0.4 is 5.73 Å². The van der Waals surface area contributed by atoms with E-state index in [0.29, 0.717) is 21.2 Å². The highest BCUT2D eigenvalue weighted by Gasteiger charge is 2.09. The molecule has 0 bridgehead atoms. The zero-order valence-electron chi connectivity index (χ0n) is 9.71. The van der Waals surface area contributed by atoms with Gasteiger partial charge in [0.2, 0.25) is 5.91 Å². The molecule has 2 N–H and O–H groups in total. The maximum atomic E-state index is 13.8. The number of primary amides is 1. The number of rotatable bonds is 2. The molecule has 4 heteroatoms. The lowest BCUT2D eigenvalue weighted by Crippen LogP contribution is -2.10. The molecule has 0 heterocycles. The van der Waals surface area contributed by atoms with Gasteiger partial charge in [-0.1, -0.05) is 27.6 Å². The number of carbonyl (C=O) groups is 1. The number of hydrogen-bond donors (Lipinski definition) is 1. The first kappa shape index (κ1) is 12.8. The standard InChI is InChI=1S/C14H11BrFNO/c1-8-2-3-13(16)12(4-8)9-5-10(14(17)18)7-11(15)6-9/h2-7H,1H3,(H2,17,18). The number of nitrogens with two attached hydrogens (primary N) is 1. The number of halogens is 2. The molecular weight excluding hydrogens is 297 g/mol. The van der Waals surface area contributed by atoms with Gasteiger partial charge in [-0.05, 0) is 42.8 Å². The van der Waals surface area contributed by atoms with Crippen molar-refractivity contribution in [2.45, 2.75) is 6.92 Å². The van der Waals surface area contributed by atoms with Crippen LogP contribution in [0.25, 0.3) is 11.1 Å². The van der Waals surface area contributed by atoms with E-state index in [-0.39, 0.29) is 5.82 Å². The summed E-state index contributed by atoms with van der Waals surface area (Å²) in [5.74, 6) is -0.861. The lowest BCUT2D eigenvalue weighted by Gasteiger charge is -2.07. The second-order valence-corrected chi connectivity index (χ2v) is 4.99. The Bertz CT molecular complexity index is 625. The van der Waals surface area contributed by atoms with Crippen molar-refractivity contribution in [3.63, 3.8) is 0 Å². The van der Waals surface area contributed by atoms with E-state index in [2.05, 4.69) is 15.9 Å². The molecule has 0 saturated carbocycles. The van der Waals surface area contributed by atoms with Crippen LogP contribution in [0.2, 0.25) is 0 Å². The highest BCUT2D eigenvalue weighted by Crippen LogP contribution is 2.28. The molecule has 1 amide bonds. The molecule has 0 aromatic heterocycles. The molecule has 92 valence electrons. The number of aryl methyl sites for hydroxylation is 1. The summed E-state index contributed by atoms with van der Waals surface area (Å²) >= 11 is 3.29. The van der Waals surface area contributed by atoms with Crippen LogP contribution in [-0.4, -0.2) is 5.91 Å². The fourth-order valence-electron chi connectivity index (χ4n) is 1.75. The SMILES string of the molecule is Cc1ccc(F)c(-c2cc(Br)cc(C(N)=O)c2)c1. The fraction of sp³-hybridized carbons (Fsp3) is 0.0714. The molecule has 0 aliphatic heterocycles. The van der Waals surface area contributed by atoms with E-state index in [0.717, 1.165) is 5.56 Å². The Balaban J connectivity index is 2.63. The summed E-state index contributed by atoms with van der Waals surface area (Å²) < 4.78 is 14.5. The maximum absolute atomic E-state index is 13.8. The van der Waals surface area contributed by atoms with Crippen molar-refractivity contribution in [3.8, 4) is 11.1 Å². The van der Waals surface area contributed by atoms with Crippen LogP contribution in [0.1, 0.15) is 15.9 Å². The molecule has 0 fully saturated rings. The molecule has 2 aromatic carbocycles. The number of carbonyl (C=O) groups excluding carboxylic acids is 1. The topological polar surface area (TPSA) is 43.1 Å². The van der Waals surface area contributed by atoms with Crippen molar-refractivity contribution >= 4 is 21.8 Å². The summed E-state index contributed by atoms with van der Waals surface area (Å²) in [6.45, 7) is 1.88. The van der Waals surface area contributed by atoms with Crippen LogP contribution in [0, 0.1) is 12.7 Å². The van der Waals surface area contributed by atoms with Crippen molar-refractivity contribution in [1.82, 2.24) is 0 Å². The Kier molecular flexibility index (Phi) is 3.48. The van der Waals surface area contributed by atoms with Crippen LogP contribution in [-0.2, 0) is 0 Å². The number of hydrogen-bond acceptors (Lipinski definition) is 1. The van der Waals surface area contributed by atoms with Gasteiger partial charge in [-0.3, -0.25) is 4.79 Å². The number of benzene rings is 2. The van der Waals surface area contributed by atoms with Gasteiger partial charge in [0.05, 0.1) is 0 Å². The van der Waals surface area contributed by atoms with Crippen LogP contribution in [0.4, 0.5) is 4.39 Å². The summed E-state index contributed by atoms with van der Waals surface area (Å²) in [4.78, 5) is 11.2. The van der Waals surface area contributed by atoms with Crippen LogP contribution in [0.3, 0.4) is 0 Å². The molecule has 0 aliphatic rings. The smallest absolute Gasteiger partial charge is 0.248 e. The van der Waals surface area contributed by atoms with Crippen LogP contribution in [0.15, 0.2) is 40.9 Å². The normalized spacial score (nSPS) is 10.4. The van der Waals surface area contributed by atoms with Gasteiger partial charge in [-0.15, -0.1) is 0 Å². The average molecular weight is 308 g/mol.